The van der Waals surface area contributed by atoms with Gasteiger partial charge in [0.05, 0.1) is 16.8 Å². The molecule has 1 rings (SSSR count). The number of hydrogen-bond donors (Lipinski definition) is 1. The molecule has 0 bridgehead atoms. The van der Waals surface area contributed by atoms with Crippen LogP contribution in [-0.2, 0) is 0 Å². The van der Waals surface area contributed by atoms with Crippen molar-refractivity contribution in [1.29, 1.82) is 5.26 Å². The smallest absolute Gasteiger partial charge is 0.0638 e. The van der Waals surface area contributed by atoms with Gasteiger partial charge in [-0.05, 0) is 30.0 Å². The second-order valence-electron chi connectivity index (χ2n) is 4.80. The maximum absolute atomic E-state index is 8.60. The highest BCUT2D eigenvalue weighted by molar-refractivity contribution is 9.10. The molecule has 1 N–H and O–H groups in total. The third kappa shape index (κ3) is 4.97. The predicted octanol–water partition coefficient (Wildman–Crippen LogP) is 4.84. The van der Waals surface area contributed by atoms with E-state index >= 15 is 0 Å². The first-order chi connectivity index (χ1) is 7.94. The zero-order valence-electron chi connectivity index (χ0n) is 10.1. The number of benzene rings is 1. The van der Waals surface area contributed by atoms with E-state index < -0.39 is 0 Å². The van der Waals surface area contributed by atoms with Crippen LogP contribution in [0.25, 0.3) is 0 Å². The van der Waals surface area contributed by atoms with Crippen LogP contribution in [0.4, 0.5) is 5.69 Å². The largest absolute Gasteiger partial charge is 0.383 e. The van der Waals surface area contributed by atoms with Gasteiger partial charge in [-0.1, -0.05) is 41.4 Å². The van der Waals surface area contributed by atoms with Crippen molar-refractivity contribution in [3.8, 4) is 6.07 Å². The summed E-state index contributed by atoms with van der Waals surface area (Å²) in [4.78, 5) is 0. The van der Waals surface area contributed by atoms with Crippen molar-refractivity contribution in [2.45, 2.75) is 26.7 Å². The summed E-state index contributed by atoms with van der Waals surface area (Å²) in [5, 5.41) is 12.6. The summed E-state index contributed by atoms with van der Waals surface area (Å²) in [7, 11) is 0. The maximum atomic E-state index is 8.60. The molecule has 0 saturated carbocycles. The lowest BCUT2D eigenvalue weighted by atomic mass is 9.88. The Kier molecular flexibility index (Phi) is 5.30. The number of nitrogens with zero attached hydrogens (tertiary/aromatic N) is 1. The summed E-state index contributed by atoms with van der Waals surface area (Å²) in [5.41, 5.74) is 1.01. The first-order valence-electron chi connectivity index (χ1n) is 5.50. The third-order valence-corrected chi connectivity index (χ3v) is 3.42. The highest BCUT2D eigenvalue weighted by atomic mass is 79.9. The van der Waals surface area contributed by atoms with Gasteiger partial charge in [-0.3, -0.25) is 0 Å². The van der Waals surface area contributed by atoms with Crippen molar-refractivity contribution in [2.75, 3.05) is 11.9 Å². The Morgan fingerprint density at radius 3 is 2.82 bits per heavy atom. The summed E-state index contributed by atoms with van der Waals surface area (Å²) in [6, 6.07) is 7.91. The molecule has 0 heterocycles. The molecule has 0 aliphatic rings. The summed E-state index contributed by atoms with van der Waals surface area (Å²) < 4.78 is 0.999. The average Bonchev–Trinajstić information content (AvgIpc) is 2.28. The minimum Gasteiger partial charge on any atom is -0.383 e. The number of halogens is 2. The first kappa shape index (κ1) is 14.3. The molecule has 0 atom stereocenters. The number of nitrogens with one attached hydrogen (secondary N) is 1. The Labute approximate surface area is 116 Å². The summed E-state index contributed by atoms with van der Waals surface area (Å²) in [6.07, 6.45) is 1.46. The van der Waals surface area contributed by atoms with Crippen molar-refractivity contribution in [2.24, 2.45) is 5.41 Å². The van der Waals surface area contributed by atoms with Gasteiger partial charge in [-0.15, -0.1) is 0 Å². The van der Waals surface area contributed by atoms with Crippen LogP contribution in [0, 0.1) is 16.7 Å². The summed E-state index contributed by atoms with van der Waals surface area (Å²) >= 11 is 9.51. The lowest BCUT2D eigenvalue weighted by Crippen LogP contribution is -2.23. The van der Waals surface area contributed by atoms with Gasteiger partial charge in [0.15, 0.2) is 0 Å². The van der Waals surface area contributed by atoms with Gasteiger partial charge < -0.3 is 5.32 Å². The molecule has 0 spiro atoms. The van der Waals surface area contributed by atoms with E-state index in [9.17, 15) is 0 Å². The zero-order valence-corrected chi connectivity index (χ0v) is 12.4. The van der Waals surface area contributed by atoms with Crippen LogP contribution in [0.3, 0.4) is 0 Å². The van der Waals surface area contributed by atoms with Gasteiger partial charge >= 0.3 is 0 Å². The van der Waals surface area contributed by atoms with E-state index in [0.717, 1.165) is 23.1 Å². The molecular formula is C13H16BrClN2. The van der Waals surface area contributed by atoms with Crippen molar-refractivity contribution in [3.05, 3.63) is 27.7 Å². The van der Waals surface area contributed by atoms with E-state index in [4.69, 9.17) is 16.9 Å². The van der Waals surface area contributed by atoms with E-state index in [2.05, 4.69) is 41.2 Å². The number of nitriles is 1. The predicted molar refractivity (Wildman–Crippen MR) is 76.3 cm³/mol. The van der Waals surface area contributed by atoms with Gasteiger partial charge in [0.2, 0.25) is 0 Å². The van der Waals surface area contributed by atoms with Crippen molar-refractivity contribution < 1.29 is 0 Å². The SMILES string of the molecule is CC(C)(CCC#N)CNc1cc(Br)ccc1Cl. The van der Waals surface area contributed by atoms with Crippen molar-refractivity contribution in [1.82, 2.24) is 0 Å². The lowest BCUT2D eigenvalue weighted by molar-refractivity contribution is 0.364. The van der Waals surface area contributed by atoms with Gasteiger partial charge in [0.25, 0.3) is 0 Å². The Bertz CT molecular complexity index is 424. The van der Waals surface area contributed by atoms with Gasteiger partial charge in [-0.25, -0.2) is 0 Å². The molecule has 0 aromatic heterocycles. The minimum absolute atomic E-state index is 0.0847. The number of anilines is 1. The molecule has 1 aromatic carbocycles. The molecular weight excluding hydrogens is 300 g/mol. The normalized spacial score (nSPS) is 11.0. The second-order valence-corrected chi connectivity index (χ2v) is 6.12. The van der Waals surface area contributed by atoms with Crippen molar-refractivity contribution in [3.63, 3.8) is 0 Å². The van der Waals surface area contributed by atoms with Crippen molar-refractivity contribution >= 4 is 33.2 Å². The monoisotopic (exact) mass is 314 g/mol. The molecule has 0 aliphatic carbocycles. The van der Waals surface area contributed by atoms with Gasteiger partial charge in [-0.2, -0.15) is 5.26 Å². The second kappa shape index (κ2) is 6.28. The quantitative estimate of drug-likeness (QED) is 0.843. The maximum Gasteiger partial charge on any atom is 0.0638 e. The molecule has 0 unspecified atom stereocenters. The van der Waals surface area contributed by atoms with E-state index in [1.807, 2.05) is 18.2 Å². The molecule has 0 saturated heterocycles. The highest BCUT2D eigenvalue weighted by Gasteiger charge is 2.17. The van der Waals surface area contributed by atoms with Gasteiger partial charge in [0, 0.05) is 17.4 Å². The Morgan fingerprint density at radius 1 is 1.47 bits per heavy atom. The number of hydrogen-bond acceptors (Lipinski definition) is 2. The van der Waals surface area contributed by atoms with E-state index in [1.54, 1.807) is 0 Å². The summed E-state index contributed by atoms with van der Waals surface area (Å²) in [5.74, 6) is 0. The Balaban J connectivity index is 2.61. The average molecular weight is 316 g/mol. The molecule has 0 radical (unpaired) electrons. The van der Waals surface area contributed by atoms with Crippen LogP contribution >= 0.6 is 27.5 Å². The van der Waals surface area contributed by atoms with Crippen LogP contribution in [-0.4, -0.2) is 6.54 Å². The van der Waals surface area contributed by atoms with Crippen LogP contribution in [0.5, 0.6) is 0 Å². The third-order valence-electron chi connectivity index (χ3n) is 2.60. The molecule has 92 valence electrons. The van der Waals surface area contributed by atoms with E-state index in [0.29, 0.717) is 11.4 Å². The van der Waals surface area contributed by atoms with Gasteiger partial charge in [0.1, 0.15) is 0 Å². The molecule has 0 aliphatic heterocycles. The Hall–Kier alpha value is -0.720. The molecule has 4 heteroatoms. The fourth-order valence-electron chi connectivity index (χ4n) is 1.45. The zero-order chi connectivity index (χ0) is 12.9. The van der Waals surface area contributed by atoms with E-state index in [-0.39, 0.29) is 5.41 Å². The molecule has 0 fully saturated rings. The fraction of sp³-hybridized carbons (Fsp3) is 0.462. The standard InChI is InChI=1S/C13H16BrClN2/c1-13(2,6-3-7-16)9-17-12-8-10(14)4-5-11(12)15/h4-5,8,17H,3,6,9H2,1-2H3. The van der Waals surface area contributed by atoms with Crippen LogP contribution in [0.2, 0.25) is 5.02 Å². The highest BCUT2D eigenvalue weighted by Crippen LogP contribution is 2.28. The van der Waals surface area contributed by atoms with E-state index in [1.165, 1.54) is 0 Å². The lowest BCUT2D eigenvalue weighted by Gasteiger charge is -2.24. The minimum atomic E-state index is 0.0847. The molecule has 2 nitrogen and oxygen atoms in total. The molecule has 1 aromatic rings. The van der Waals surface area contributed by atoms with Crippen LogP contribution < -0.4 is 5.32 Å². The molecule has 17 heavy (non-hydrogen) atoms. The van der Waals surface area contributed by atoms with Crippen LogP contribution in [0.15, 0.2) is 22.7 Å². The topological polar surface area (TPSA) is 35.8 Å². The molecule has 0 amide bonds. The first-order valence-corrected chi connectivity index (χ1v) is 6.67. The summed E-state index contributed by atoms with van der Waals surface area (Å²) in [6.45, 7) is 5.08. The van der Waals surface area contributed by atoms with Crippen LogP contribution in [0.1, 0.15) is 26.7 Å². The Morgan fingerprint density at radius 2 is 2.18 bits per heavy atom. The number of rotatable bonds is 5. The fourth-order valence-corrected chi connectivity index (χ4v) is 2.00.